The van der Waals surface area contributed by atoms with Gasteiger partial charge < -0.3 is 10.2 Å². The quantitative estimate of drug-likeness (QED) is 0.573. The van der Waals surface area contributed by atoms with E-state index in [9.17, 15) is 4.79 Å². The third-order valence-electron chi connectivity index (χ3n) is 1.94. The topological polar surface area (TPSA) is 32.3 Å². The molecule has 0 radical (unpaired) electrons. The second-order valence-corrected chi connectivity index (χ2v) is 2.92. The van der Waals surface area contributed by atoms with Gasteiger partial charge in [-0.3, -0.25) is 4.79 Å². The zero-order chi connectivity index (χ0) is 7.56. The number of carbonyl (C=O) groups is 1. The number of nitrogens with zero attached hydrogens (tertiary/aromatic N) is 1. The molecular formula is C7H14N2O. The molecule has 58 valence electrons. The van der Waals surface area contributed by atoms with Crippen LogP contribution in [0.5, 0.6) is 0 Å². The summed E-state index contributed by atoms with van der Waals surface area (Å²) in [6.45, 7) is 4.64. The fraction of sp³-hybridized carbons (Fsp3) is 0.857. The first kappa shape index (κ1) is 7.54. The predicted octanol–water partition coefficient (Wildman–Crippen LogP) is -0.316. The number of rotatable bonds is 2. The SMILES string of the molecule is CC(=O)N(C)CC1CNC1. The van der Waals surface area contributed by atoms with E-state index >= 15 is 0 Å². The van der Waals surface area contributed by atoms with E-state index in [1.165, 1.54) is 0 Å². The summed E-state index contributed by atoms with van der Waals surface area (Å²) in [5.41, 5.74) is 0. The molecule has 0 bridgehead atoms. The monoisotopic (exact) mass is 142 g/mol. The van der Waals surface area contributed by atoms with Gasteiger partial charge in [0.05, 0.1) is 0 Å². The highest BCUT2D eigenvalue weighted by atomic mass is 16.2. The third kappa shape index (κ3) is 1.70. The van der Waals surface area contributed by atoms with Crippen LogP contribution in [0.2, 0.25) is 0 Å². The van der Waals surface area contributed by atoms with Crippen molar-refractivity contribution in [2.45, 2.75) is 6.92 Å². The molecule has 0 unspecified atom stereocenters. The summed E-state index contributed by atoms with van der Waals surface area (Å²) in [5, 5.41) is 3.17. The van der Waals surface area contributed by atoms with Crippen LogP contribution in [0.25, 0.3) is 0 Å². The number of nitrogens with one attached hydrogen (secondary N) is 1. The van der Waals surface area contributed by atoms with Crippen LogP contribution in [-0.2, 0) is 4.79 Å². The van der Waals surface area contributed by atoms with Crippen molar-refractivity contribution in [3.8, 4) is 0 Å². The van der Waals surface area contributed by atoms with Crippen molar-refractivity contribution >= 4 is 5.91 Å². The summed E-state index contributed by atoms with van der Waals surface area (Å²) in [5.74, 6) is 0.848. The van der Waals surface area contributed by atoms with E-state index < -0.39 is 0 Å². The maximum Gasteiger partial charge on any atom is 0.219 e. The zero-order valence-electron chi connectivity index (χ0n) is 6.55. The molecule has 3 heteroatoms. The van der Waals surface area contributed by atoms with Gasteiger partial charge in [-0.2, -0.15) is 0 Å². The van der Waals surface area contributed by atoms with Gasteiger partial charge in [0.15, 0.2) is 0 Å². The molecule has 0 saturated carbocycles. The molecule has 1 fully saturated rings. The molecule has 0 atom stereocenters. The van der Waals surface area contributed by atoms with Gasteiger partial charge in [-0.15, -0.1) is 0 Å². The number of amides is 1. The maximum atomic E-state index is 10.7. The molecule has 1 amide bonds. The van der Waals surface area contributed by atoms with Crippen molar-refractivity contribution in [1.82, 2.24) is 10.2 Å². The van der Waals surface area contributed by atoms with Crippen LogP contribution in [0.3, 0.4) is 0 Å². The van der Waals surface area contributed by atoms with Crippen LogP contribution < -0.4 is 5.32 Å². The molecule has 0 aromatic rings. The van der Waals surface area contributed by atoms with Crippen molar-refractivity contribution in [2.24, 2.45) is 5.92 Å². The highest BCUT2D eigenvalue weighted by Gasteiger charge is 2.18. The van der Waals surface area contributed by atoms with Gasteiger partial charge in [-0.25, -0.2) is 0 Å². The van der Waals surface area contributed by atoms with Gasteiger partial charge in [0.1, 0.15) is 0 Å². The maximum absolute atomic E-state index is 10.7. The molecule has 1 aliphatic heterocycles. The molecule has 1 aliphatic rings. The second kappa shape index (κ2) is 3.01. The lowest BCUT2D eigenvalue weighted by Crippen LogP contribution is -2.48. The third-order valence-corrected chi connectivity index (χ3v) is 1.94. The lowest BCUT2D eigenvalue weighted by molar-refractivity contribution is -0.128. The van der Waals surface area contributed by atoms with Crippen LogP contribution in [0.1, 0.15) is 6.92 Å². The van der Waals surface area contributed by atoms with Gasteiger partial charge >= 0.3 is 0 Å². The first-order chi connectivity index (χ1) is 4.70. The van der Waals surface area contributed by atoms with Crippen LogP contribution in [-0.4, -0.2) is 37.5 Å². The fourth-order valence-electron chi connectivity index (χ4n) is 0.993. The highest BCUT2D eigenvalue weighted by molar-refractivity contribution is 5.72. The Kier molecular flexibility index (Phi) is 2.27. The number of hydrogen-bond donors (Lipinski definition) is 1. The van der Waals surface area contributed by atoms with Gasteiger partial charge in [-0.1, -0.05) is 0 Å². The Labute approximate surface area is 61.4 Å². The van der Waals surface area contributed by atoms with Crippen molar-refractivity contribution in [2.75, 3.05) is 26.7 Å². The van der Waals surface area contributed by atoms with E-state index in [1.807, 2.05) is 7.05 Å². The lowest BCUT2D eigenvalue weighted by Gasteiger charge is -2.30. The largest absolute Gasteiger partial charge is 0.346 e. The molecule has 1 N–H and O–H groups in total. The Hall–Kier alpha value is -0.570. The molecule has 10 heavy (non-hydrogen) atoms. The summed E-state index contributed by atoms with van der Waals surface area (Å²) in [6.07, 6.45) is 0. The molecular weight excluding hydrogens is 128 g/mol. The van der Waals surface area contributed by atoms with Gasteiger partial charge in [0, 0.05) is 39.5 Å². The Morgan fingerprint density at radius 1 is 1.70 bits per heavy atom. The Morgan fingerprint density at radius 3 is 2.60 bits per heavy atom. The van der Waals surface area contributed by atoms with Crippen LogP contribution >= 0.6 is 0 Å². The number of hydrogen-bond acceptors (Lipinski definition) is 2. The molecule has 1 saturated heterocycles. The number of carbonyl (C=O) groups excluding carboxylic acids is 1. The van der Waals surface area contributed by atoms with Crippen molar-refractivity contribution in [3.05, 3.63) is 0 Å². The van der Waals surface area contributed by atoms with E-state index in [0.29, 0.717) is 5.92 Å². The Bertz CT molecular complexity index is 132. The summed E-state index contributed by atoms with van der Waals surface area (Å²) >= 11 is 0. The normalized spacial score (nSPS) is 18.2. The molecule has 0 aromatic heterocycles. The van der Waals surface area contributed by atoms with E-state index in [0.717, 1.165) is 19.6 Å². The van der Waals surface area contributed by atoms with Gasteiger partial charge in [0.25, 0.3) is 0 Å². The van der Waals surface area contributed by atoms with Crippen LogP contribution in [0.15, 0.2) is 0 Å². The summed E-state index contributed by atoms with van der Waals surface area (Å²) in [7, 11) is 1.85. The van der Waals surface area contributed by atoms with Crippen LogP contribution in [0, 0.1) is 5.92 Å². The first-order valence-electron chi connectivity index (χ1n) is 3.62. The fourth-order valence-corrected chi connectivity index (χ4v) is 0.993. The lowest BCUT2D eigenvalue weighted by atomic mass is 10.0. The molecule has 1 rings (SSSR count). The zero-order valence-corrected chi connectivity index (χ0v) is 6.55. The standard InChI is InChI=1S/C7H14N2O/c1-6(10)9(2)5-7-3-8-4-7/h7-8H,3-5H2,1-2H3. The molecule has 0 aromatic carbocycles. The predicted molar refractivity (Wildman–Crippen MR) is 39.7 cm³/mol. The molecule has 1 heterocycles. The minimum Gasteiger partial charge on any atom is -0.346 e. The van der Waals surface area contributed by atoms with Crippen molar-refractivity contribution in [1.29, 1.82) is 0 Å². The Balaban J connectivity index is 2.16. The summed E-state index contributed by atoms with van der Waals surface area (Å²) < 4.78 is 0. The second-order valence-electron chi connectivity index (χ2n) is 2.92. The van der Waals surface area contributed by atoms with Crippen LogP contribution in [0.4, 0.5) is 0 Å². The average Bonchev–Trinajstić information content (AvgIpc) is 1.77. The Morgan fingerprint density at radius 2 is 2.30 bits per heavy atom. The first-order valence-corrected chi connectivity index (χ1v) is 3.62. The average molecular weight is 142 g/mol. The summed E-state index contributed by atoms with van der Waals surface area (Å²) in [6, 6.07) is 0. The minimum absolute atomic E-state index is 0.159. The minimum atomic E-state index is 0.159. The van der Waals surface area contributed by atoms with E-state index in [1.54, 1.807) is 11.8 Å². The van der Waals surface area contributed by atoms with Gasteiger partial charge in [-0.05, 0) is 0 Å². The van der Waals surface area contributed by atoms with E-state index in [2.05, 4.69) is 5.32 Å². The van der Waals surface area contributed by atoms with E-state index in [-0.39, 0.29) is 5.91 Å². The smallest absolute Gasteiger partial charge is 0.219 e. The molecule has 0 aliphatic carbocycles. The van der Waals surface area contributed by atoms with Crippen molar-refractivity contribution < 1.29 is 4.79 Å². The van der Waals surface area contributed by atoms with Crippen molar-refractivity contribution in [3.63, 3.8) is 0 Å². The molecule has 3 nitrogen and oxygen atoms in total. The van der Waals surface area contributed by atoms with Gasteiger partial charge in [0.2, 0.25) is 5.91 Å². The highest BCUT2D eigenvalue weighted by Crippen LogP contribution is 2.03. The van der Waals surface area contributed by atoms with E-state index in [4.69, 9.17) is 0 Å². The molecule has 0 spiro atoms. The summed E-state index contributed by atoms with van der Waals surface area (Å²) in [4.78, 5) is 12.5.